The van der Waals surface area contributed by atoms with Gasteiger partial charge in [0.05, 0.1) is 0 Å². The molecular formula is C34H31NO3. The summed E-state index contributed by atoms with van der Waals surface area (Å²) < 4.78 is 5.99. The SMILES string of the molecule is O=C(Cc1ccc2ccccc2c1)C1CC2CCC(C1)N2C(=O)OCC1c2ccccc2-c2ccccc21. The van der Waals surface area contributed by atoms with Crippen molar-refractivity contribution in [1.82, 2.24) is 4.90 Å². The molecule has 2 heterocycles. The molecule has 4 nitrogen and oxygen atoms in total. The second-order valence-electron chi connectivity index (χ2n) is 11.1. The van der Waals surface area contributed by atoms with Crippen molar-refractivity contribution in [2.24, 2.45) is 5.92 Å². The number of ketones is 1. The lowest BCUT2D eigenvalue weighted by Crippen LogP contribution is -2.48. The lowest BCUT2D eigenvalue weighted by atomic mass is 9.85. The summed E-state index contributed by atoms with van der Waals surface area (Å²) in [6.45, 7) is 0.340. The summed E-state index contributed by atoms with van der Waals surface area (Å²) in [4.78, 5) is 28.6. The number of rotatable bonds is 5. The largest absolute Gasteiger partial charge is 0.448 e. The Labute approximate surface area is 223 Å². The maximum atomic E-state index is 13.4. The van der Waals surface area contributed by atoms with Crippen molar-refractivity contribution >= 4 is 22.6 Å². The highest BCUT2D eigenvalue weighted by atomic mass is 16.6. The van der Waals surface area contributed by atoms with Gasteiger partial charge in [0, 0.05) is 30.3 Å². The molecule has 2 aliphatic heterocycles. The molecule has 2 saturated heterocycles. The van der Waals surface area contributed by atoms with Crippen molar-refractivity contribution in [2.75, 3.05) is 6.61 Å². The van der Waals surface area contributed by atoms with Gasteiger partial charge < -0.3 is 9.64 Å². The highest BCUT2D eigenvalue weighted by Gasteiger charge is 2.46. The highest BCUT2D eigenvalue weighted by molar-refractivity contribution is 5.87. The molecule has 0 N–H and O–H groups in total. The minimum atomic E-state index is -0.222. The molecule has 2 fully saturated rings. The van der Waals surface area contributed by atoms with E-state index >= 15 is 0 Å². The standard InChI is InChI=1S/C34H31NO3/c36-33(18-22-13-14-23-7-1-2-8-24(23)17-22)25-19-26-15-16-27(20-25)35(26)34(37)38-21-32-30-11-5-3-9-28(30)29-10-4-6-12-31(29)32/h1-14,17,25-27,32H,15-16,18-21H2. The van der Waals surface area contributed by atoms with Gasteiger partial charge in [-0.15, -0.1) is 0 Å². The van der Waals surface area contributed by atoms with Gasteiger partial charge in [-0.05, 0) is 64.3 Å². The van der Waals surface area contributed by atoms with Gasteiger partial charge in [0.1, 0.15) is 12.4 Å². The smallest absolute Gasteiger partial charge is 0.410 e. The minimum absolute atomic E-state index is 0.0107. The molecule has 7 rings (SSSR count). The van der Waals surface area contributed by atoms with Crippen LogP contribution in [0.5, 0.6) is 0 Å². The van der Waals surface area contributed by atoms with Crippen LogP contribution in [0.25, 0.3) is 21.9 Å². The predicted molar refractivity (Wildman–Crippen MR) is 149 cm³/mol. The summed E-state index contributed by atoms with van der Waals surface area (Å²) in [6, 6.07) is 31.6. The number of piperidine rings is 1. The maximum absolute atomic E-state index is 13.4. The molecule has 2 atom stereocenters. The van der Waals surface area contributed by atoms with Crippen molar-refractivity contribution in [1.29, 1.82) is 0 Å². The number of ether oxygens (including phenoxy) is 1. The molecule has 4 aromatic carbocycles. The average molecular weight is 502 g/mol. The molecule has 4 heteroatoms. The van der Waals surface area contributed by atoms with E-state index < -0.39 is 0 Å². The highest BCUT2D eigenvalue weighted by Crippen LogP contribution is 2.45. The molecule has 4 aromatic rings. The number of carbonyl (C=O) groups is 2. The molecule has 0 saturated carbocycles. The Morgan fingerprint density at radius 1 is 0.737 bits per heavy atom. The lowest BCUT2D eigenvalue weighted by molar-refractivity contribution is -0.124. The molecule has 0 aromatic heterocycles. The summed E-state index contributed by atoms with van der Waals surface area (Å²) in [5.74, 6) is 0.367. The molecule has 190 valence electrons. The Balaban J connectivity index is 1.01. The van der Waals surface area contributed by atoms with Gasteiger partial charge >= 0.3 is 6.09 Å². The zero-order valence-electron chi connectivity index (χ0n) is 21.4. The van der Waals surface area contributed by atoms with Gasteiger partial charge in [-0.25, -0.2) is 4.79 Å². The van der Waals surface area contributed by atoms with Crippen LogP contribution in [0.15, 0.2) is 91.0 Å². The zero-order valence-corrected chi connectivity index (χ0v) is 21.4. The van der Waals surface area contributed by atoms with Gasteiger partial charge in [-0.1, -0.05) is 91.0 Å². The van der Waals surface area contributed by atoms with E-state index in [4.69, 9.17) is 4.74 Å². The van der Waals surface area contributed by atoms with Gasteiger partial charge in [0.2, 0.25) is 0 Å². The Hall–Kier alpha value is -3.92. The minimum Gasteiger partial charge on any atom is -0.448 e. The number of hydrogen-bond donors (Lipinski definition) is 0. The third kappa shape index (κ3) is 3.99. The van der Waals surface area contributed by atoms with Crippen molar-refractivity contribution < 1.29 is 14.3 Å². The molecule has 1 aliphatic carbocycles. The second-order valence-corrected chi connectivity index (χ2v) is 11.1. The third-order valence-electron chi connectivity index (χ3n) is 8.93. The normalized spacial score (nSPS) is 21.8. The Morgan fingerprint density at radius 3 is 2.03 bits per heavy atom. The first kappa shape index (κ1) is 23.2. The fourth-order valence-corrected chi connectivity index (χ4v) is 7.10. The average Bonchev–Trinajstić information content (AvgIpc) is 3.42. The molecule has 1 amide bonds. The van der Waals surface area contributed by atoms with Crippen molar-refractivity contribution in [3.63, 3.8) is 0 Å². The Bertz CT molecular complexity index is 1480. The number of hydrogen-bond acceptors (Lipinski definition) is 3. The summed E-state index contributed by atoms with van der Waals surface area (Å²) in [6.07, 6.45) is 3.63. The van der Waals surface area contributed by atoms with Crippen molar-refractivity contribution in [2.45, 2.75) is 50.1 Å². The molecule has 3 aliphatic rings. The van der Waals surface area contributed by atoms with E-state index in [9.17, 15) is 9.59 Å². The molecule has 0 radical (unpaired) electrons. The fraction of sp³-hybridized carbons (Fsp3) is 0.294. The number of benzene rings is 4. The maximum Gasteiger partial charge on any atom is 0.410 e. The first-order chi connectivity index (χ1) is 18.7. The first-order valence-electron chi connectivity index (χ1n) is 13.8. The molecule has 38 heavy (non-hydrogen) atoms. The van der Waals surface area contributed by atoms with E-state index in [2.05, 4.69) is 78.9 Å². The second kappa shape index (κ2) is 9.43. The van der Waals surface area contributed by atoms with Crippen LogP contribution in [0, 0.1) is 5.92 Å². The van der Waals surface area contributed by atoms with E-state index in [1.807, 2.05) is 17.0 Å². The predicted octanol–water partition coefficient (Wildman–Crippen LogP) is 7.14. The van der Waals surface area contributed by atoms with Crippen LogP contribution < -0.4 is 0 Å². The monoisotopic (exact) mass is 501 g/mol. The van der Waals surface area contributed by atoms with Crippen molar-refractivity contribution in [3.05, 3.63) is 108 Å². The summed E-state index contributed by atoms with van der Waals surface area (Å²) in [5, 5.41) is 2.36. The Morgan fingerprint density at radius 2 is 1.34 bits per heavy atom. The van der Waals surface area contributed by atoms with Gasteiger partial charge in [0.15, 0.2) is 0 Å². The van der Waals surface area contributed by atoms with Gasteiger partial charge in [0.25, 0.3) is 0 Å². The van der Waals surface area contributed by atoms with Crippen LogP contribution in [0.2, 0.25) is 0 Å². The van der Waals surface area contributed by atoms with Crippen LogP contribution in [-0.4, -0.2) is 35.5 Å². The summed E-state index contributed by atoms with van der Waals surface area (Å²) in [5.41, 5.74) is 5.98. The van der Waals surface area contributed by atoms with Crippen LogP contribution >= 0.6 is 0 Å². The van der Waals surface area contributed by atoms with Crippen LogP contribution in [0.3, 0.4) is 0 Å². The summed E-state index contributed by atoms with van der Waals surface area (Å²) in [7, 11) is 0. The van der Waals surface area contributed by atoms with E-state index in [-0.39, 0.29) is 30.0 Å². The zero-order chi connectivity index (χ0) is 25.6. The van der Waals surface area contributed by atoms with E-state index in [0.717, 1.165) is 31.2 Å². The first-order valence-corrected chi connectivity index (χ1v) is 13.8. The molecule has 2 unspecified atom stereocenters. The summed E-state index contributed by atoms with van der Waals surface area (Å²) >= 11 is 0. The Kier molecular flexibility index (Phi) is 5.76. The van der Waals surface area contributed by atoms with E-state index in [0.29, 0.717) is 18.8 Å². The van der Waals surface area contributed by atoms with Crippen LogP contribution in [-0.2, 0) is 16.0 Å². The third-order valence-corrected chi connectivity index (χ3v) is 8.93. The number of fused-ring (bicyclic) bond motifs is 6. The molecule has 2 bridgehead atoms. The lowest BCUT2D eigenvalue weighted by Gasteiger charge is -2.37. The van der Waals surface area contributed by atoms with E-state index in [1.54, 1.807) is 0 Å². The molecule has 0 spiro atoms. The topological polar surface area (TPSA) is 46.6 Å². The van der Waals surface area contributed by atoms with Gasteiger partial charge in [-0.2, -0.15) is 0 Å². The van der Waals surface area contributed by atoms with E-state index in [1.165, 1.54) is 33.0 Å². The van der Waals surface area contributed by atoms with Gasteiger partial charge in [-0.3, -0.25) is 4.79 Å². The van der Waals surface area contributed by atoms with Crippen LogP contribution in [0.1, 0.15) is 48.3 Å². The quantitative estimate of drug-likeness (QED) is 0.292. The fourth-order valence-electron chi connectivity index (χ4n) is 7.10. The number of carbonyl (C=O) groups excluding carboxylic acids is 2. The van der Waals surface area contributed by atoms with Crippen molar-refractivity contribution in [3.8, 4) is 11.1 Å². The number of amides is 1. The number of Topliss-reactive ketones (excluding diaryl/α,β-unsaturated/α-hetero) is 1. The number of nitrogens with zero attached hydrogens (tertiary/aromatic N) is 1. The molecular weight excluding hydrogens is 470 g/mol. The van der Waals surface area contributed by atoms with Crippen LogP contribution in [0.4, 0.5) is 4.79 Å².